The third-order valence-corrected chi connectivity index (χ3v) is 2.58. The van der Waals surface area contributed by atoms with Gasteiger partial charge in [0.15, 0.2) is 5.16 Å². The predicted octanol–water partition coefficient (Wildman–Crippen LogP) is 1.03. The number of hydrogen-bond acceptors (Lipinski definition) is 3. The van der Waals surface area contributed by atoms with E-state index in [2.05, 4.69) is 16.8 Å². The zero-order valence-corrected chi connectivity index (χ0v) is 8.56. The zero-order chi connectivity index (χ0) is 9.68. The number of nitrogens with zero attached hydrogens (tertiary/aromatic N) is 2. The molecule has 0 bridgehead atoms. The first-order valence-corrected chi connectivity index (χ1v) is 4.92. The first kappa shape index (κ1) is 10.2. The lowest BCUT2D eigenvalue weighted by molar-refractivity contribution is 0.271. The van der Waals surface area contributed by atoms with Crippen molar-refractivity contribution in [2.75, 3.05) is 5.75 Å². The number of rotatable bonds is 3. The largest absolute Gasteiger partial charge is 0.390 e. The predicted molar refractivity (Wildman–Crippen MR) is 53.3 cm³/mol. The van der Waals surface area contributed by atoms with E-state index in [4.69, 9.17) is 5.11 Å². The van der Waals surface area contributed by atoms with Crippen LogP contribution in [0.5, 0.6) is 0 Å². The number of imidazole rings is 1. The van der Waals surface area contributed by atoms with Gasteiger partial charge in [-0.05, 0) is 6.92 Å². The molecule has 1 aromatic heterocycles. The van der Waals surface area contributed by atoms with E-state index in [9.17, 15) is 0 Å². The van der Waals surface area contributed by atoms with E-state index in [0.717, 1.165) is 16.6 Å². The SMILES string of the molecule is CC#CCSc1ncc(CO)n1C. The van der Waals surface area contributed by atoms with Gasteiger partial charge in [0.2, 0.25) is 0 Å². The maximum Gasteiger partial charge on any atom is 0.168 e. The summed E-state index contributed by atoms with van der Waals surface area (Å²) in [4.78, 5) is 4.16. The minimum absolute atomic E-state index is 0.0313. The van der Waals surface area contributed by atoms with Gasteiger partial charge in [-0.2, -0.15) is 0 Å². The third-order valence-electron chi connectivity index (χ3n) is 1.65. The van der Waals surface area contributed by atoms with Crippen molar-refractivity contribution in [3.05, 3.63) is 11.9 Å². The summed E-state index contributed by atoms with van der Waals surface area (Å²) in [5.74, 6) is 6.51. The Morgan fingerprint density at radius 2 is 2.46 bits per heavy atom. The summed E-state index contributed by atoms with van der Waals surface area (Å²) in [5, 5.41) is 9.80. The number of hydrogen-bond donors (Lipinski definition) is 1. The molecule has 0 aliphatic carbocycles. The molecular weight excluding hydrogens is 184 g/mol. The van der Waals surface area contributed by atoms with Crippen LogP contribution in [-0.4, -0.2) is 20.4 Å². The summed E-state index contributed by atoms with van der Waals surface area (Å²) in [6, 6.07) is 0. The Kier molecular flexibility index (Phi) is 3.87. The summed E-state index contributed by atoms with van der Waals surface area (Å²) < 4.78 is 1.88. The van der Waals surface area contributed by atoms with Gasteiger partial charge < -0.3 is 9.67 Å². The highest BCUT2D eigenvalue weighted by Crippen LogP contribution is 2.16. The van der Waals surface area contributed by atoms with E-state index in [1.165, 1.54) is 0 Å². The first-order chi connectivity index (χ1) is 6.29. The molecular formula is C9H12N2OS. The highest BCUT2D eigenvalue weighted by atomic mass is 32.2. The molecule has 0 aromatic carbocycles. The number of aromatic nitrogens is 2. The van der Waals surface area contributed by atoms with Crippen LogP contribution < -0.4 is 0 Å². The Morgan fingerprint density at radius 3 is 3.00 bits per heavy atom. The van der Waals surface area contributed by atoms with Crippen molar-refractivity contribution >= 4 is 11.8 Å². The summed E-state index contributed by atoms with van der Waals surface area (Å²) >= 11 is 1.57. The maximum atomic E-state index is 8.91. The van der Waals surface area contributed by atoms with Crippen LogP contribution in [0.2, 0.25) is 0 Å². The molecule has 13 heavy (non-hydrogen) atoms. The minimum atomic E-state index is 0.0313. The third kappa shape index (κ3) is 2.51. The van der Waals surface area contributed by atoms with Crippen molar-refractivity contribution in [3.8, 4) is 11.8 Å². The van der Waals surface area contributed by atoms with Crippen LogP contribution in [0.25, 0.3) is 0 Å². The van der Waals surface area contributed by atoms with Crippen LogP contribution in [-0.2, 0) is 13.7 Å². The number of thioether (sulfide) groups is 1. The van der Waals surface area contributed by atoms with Gasteiger partial charge in [-0.15, -0.1) is 5.92 Å². The molecule has 3 nitrogen and oxygen atoms in total. The van der Waals surface area contributed by atoms with Gasteiger partial charge >= 0.3 is 0 Å². The summed E-state index contributed by atoms with van der Waals surface area (Å²) in [7, 11) is 1.89. The molecule has 0 aliphatic heterocycles. The fourth-order valence-electron chi connectivity index (χ4n) is 0.880. The first-order valence-electron chi connectivity index (χ1n) is 3.93. The van der Waals surface area contributed by atoms with Crippen LogP contribution in [0, 0.1) is 11.8 Å². The van der Waals surface area contributed by atoms with Crippen LogP contribution in [0.4, 0.5) is 0 Å². The van der Waals surface area contributed by atoms with E-state index in [1.54, 1.807) is 18.0 Å². The molecule has 0 saturated heterocycles. The molecule has 1 rings (SSSR count). The van der Waals surface area contributed by atoms with E-state index < -0.39 is 0 Å². The van der Waals surface area contributed by atoms with E-state index in [-0.39, 0.29) is 6.61 Å². The molecule has 0 unspecified atom stereocenters. The summed E-state index contributed by atoms with van der Waals surface area (Å²) in [6.45, 7) is 1.85. The highest BCUT2D eigenvalue weighted by Gasteiger charge is 2.04. The molecule has 70 valence electrons. The lowest BCUT2D eigenvalue weighted by Crippen LogP contribution is -1.97. The van der Waals surface area contributed by atoms with Crippen molar-refractivity contribution in [2.24, 2.45) is 7.05 Å². The molecule has 4 heteroatoms. The lowest BCUT2D eigenvalue weighted by atomic mass is 10.5. The second kappa shape index (κ2) is 4.95. The second-order valence-corrected chi connectivity index (χ2v) is 3.41. The van der Waals surface area contributed by atoms with Gasteiger partial charge in [-0.1, -0.05) is 17.7 Å². The van der Waals surface area contributed by atoms with Crippen LogP contribution in [0.3, 0.4) is 0 Å². The molecule has 0 amide bonds. The topological polar surface area (TPSA) is 38.1 Å². The Balaban J connectivity index is 2.65. The Labute approximate surface area is 82.2 Å². The Morgan fingerprint density at radius 1 is 1.69 bits per heavy atom. The standard InChI is InChI=1S/C9H12N2OS/c1-3-4-5-13-9-10-6-8(7-12)11(9)2/h6,12H,5,7H2,1-2H3. The number of aliphatic hydroxyl groups excluding tert-OH is 1. The van der Waals surface area contributed by atoms with Gasteiger partial charge in [-0.3, -0.25) is 0 Å². The quantitative estimate of drug-likeness (QED) is 0.579. The fraction of sp³-hybridized carbons (Fsp3) is 0.444. The minimum Gasteiger partial charge on any atom is -0.390 e. The van der Waals surface area contributed by atoms with Crippen molar-refractivity contribution in [3.63, 3.8) is 0 Å². The molecule has 1 heterocycles. The van der Waals surface area contributed by atoms with Crippen molar-refractivity contribution < 1.29 is 5.11 Å². The zero-order valence-electron chi connectivity index (χ0n) is 7.74. The van der Waals surface area contributed by atoms with Crippen molar-refractivity contribution in [1.29, 1.82) is 0 Å². The molecule has 0 spiro atoms. The van der Waals surface area contributed by atoms with Crippen molar-refractivity contribution in [2.45, 2.75) is 18.7 Å². The Hall–Kier alpha value is -0.920. The van der Waals surface area contributed by atoms with Gasteiger partial charge in [0.1, 0.15) is 0 Å². The lowest BCUT2D eigenvalue weighted by Gasteiger charge is -2.00. The molecule has 0 fully saturated rings. The van der Waals surface area contributed by atoms with E-state index >= 15 is 0 Å². The number of aliphatic hydroxyl groups is 1. The molecule has 0 saturated carbocycles. The maximum absolute atomic E-state index is 8.91. The van der Waals surface area contributed by atoms with Gasteiger partial charge in [-0.25, -0.2) is 4.98 Å². The highest BCUT2D eigenvalue weighted by molar-refractivity contribution is 7.99. The molecule has 1 aromatic rings. The average molecular weight is 196 g/mol. The van der Waals surface area contributed by atoms with E-state index in [0.29, 0.717) is 0 Å². The van der Waals surface area contributed by atoms with Crippen LogP contribution >= 0.6 is 11.8 Å². The average Bonchev–Trinajstić information content (AvgIpc) is 2.48. The molecule has 0 radical (unpaired) electrons. The van der Waals surface area contributed by atoms with Gasteiger partial charge in [0.05, 0.1) is 24.3 Å². The molecule has 0 atom stereocenters. The summed E-state index contributed by atoms with van der Waals surface area (Å²) in [6.07, 6.45) is 1.68. The van der Waals surface area contributed by atoms with Crippen molar-refractivity contribution in [1.82, 2.24) is 9.55 Å². The smallest absolute Gasteiger partial charge is 0.168 e. The molecule has 0 aliphatic rings. The van der Waals surface area contributed by atoms with Gasteiger partial charge in [0.25, 0.3) is 0 Å². The second-order valence-electron chi connectivity index (χ2n) is 2.46. The monoisotopic (exact) mass is 196 g/mol. The van der Waals surface area contributed by atoms with E-state index in [1.807, 2.05) is 18.5 Å². The summed E-state index contributed by atoms with van der Waals surface area (Å²) in [5.41, 5.74) is 0.826. The van der Waals surface area contributed by atoms with Crippen LogP contribution in [0.15, 0.2) is 11.4 Å². The fourth-order valence-corrected chi connectivity index (χ4v) is 1.66. The normalized spacial score (nSPS) is 9.46. The van der Waals surface area contributed by atoms with Crippen LogP contribution in [0.1, 0.15) is 12.6 Å². The molecule has 1 N–H and O–H groups in total. The van der Waals surface area contributed by atoms with Gasteiger partial charge in [0, 0.05) is 7.05 Å². The Bertz CT molecular complexity index is 335.